The fourth-order valence-corrected chi connectivity index (χ4v) is 4.00. The van der Waals surface area contributed by atoms with Gasteiger partial charge in [0.25, 0.3) is 0 Å². The first-order valence-corrected chi connectivity index (χ1v) is 9.35. The van der Waals surface area contributed by atoms with Crippen LogP contribution in [-0.2, 0) is 25.6 Å². The van der Waals surface area contributed by atoms with Crippen LogP contribution >= 0.6 is 23.5 Å². The van der Waals surface area contributed by atoms with Crippen molar-refractivity contribution in [3.8, 4) is 0 Å². The van der Waals surface area contributed by atoms with Crippen molar-refractivity contribution < 1.29 is 19.2 Å². The van der Waals surface area contributed by atoms with E-state index < -0.39 is 0 Å². The number of carbonyl (C=O) groups excluding carboxylic acids is 4. The highest BCUT2D eigenvalue weighted by Crippen LogP contribution is 2.33. The van der Waals surface area contributed by atoms with Crippen molar-refractivity contribution in [1.29, 1.82) is 0 Å². The van der Waals surface area contributed by atoms with Gasteiger partial charge in [0.15, 0.2) is 11.6 Å². The normalized spacial score (nSPS) is 10.1. The maximum absolute atomic E-state index is 12.6. The zero-order valence-corrected chi connectivity index (χ0v) is 15.6. The number of Topliss-reactive ketones (excluding diaryl/α,β-unsaturated/α-hetero) is 4. The molecule has 0 aliphatic rings. The molecule has 1 aromatic carbocycles. The molecule has 0 radical (unpaired) electrons. The SMILES string of the molecule is CC(=O)CSC(SCC(C)=O)=C(C(C)=O)C(=O)Cc1ccccc1. The second kappa shape index (κ2) is 10.3. The van der Waals surface area contributed by atoms with Gasteiger partial charge in [-0.25, -0.2) is 0 Å². The van der Waals surface area contributed by atoms with Crippen molar-refractivity contribution >= 4 is 46.7 Å². The van der Waals surface area contributed by atoms with Gasteiger partial charge in [0.2, 0.25) is 0 Å². The largest absolute Gasteiger partial charge is 0.299 e. The summed E-state index contributed by atoms with van der Waals surface area (Å²) in [6, 6.07) is 9.15. The monoisotopic (exact) mass is 364 g/mol. The standard InChI is InChI=1S/C18H20O4S2/c1-12(19)10-23-18(24-11-13(2)20)17(14(3)21)16(22)9-15-7-5-4-6-8-15/h4-8H,9-11H2,1-3H3. The summed E-state index contributed by atoms with van der Waals surface area (Å²) < 4.78 is 0.453. The average Bonchev–Trinajstić information content (AvgIpc) is 2.50. The molecule has 0 saturated heterocycles. The highest BCUT2D eigenvalue weighted by atomic mass is 32.2. The maximum Gasteiger partial charge on any atom is 0.172 e. The lowest BCUT2D eigenvalue weighted by Crippen LogP contribution is -2.15. The molecule has 0 N–H and O–H groups in total. The highest BCUT2D eigenvalue weighted by molar-refractivity contribution is 8.22. The van der Waals surface area contributed by atoms with E-state index in [4.69, 9.17) is 0 Å². The lowest BCUT2D eigenvalue weighted by atomic mass is 10.0. The maximum atomic E-state index is 12.6. The van der Waals surface area contributed by atoms with Gasteiger partial charge in [0.1, 0.15) is 11.6 Å². The predicted octanol–water partition coefficient (Wildman–Crippen LogP) is 3.24. The predicted molar refractivity (Wildman–Crippen MR) is 99.1 cm³/mol. The summed E-state index contributed by atoms with van der Waals surface area (Å²) >= 11 is 2.29. The van der Waals surface area contributed by atoms with Crippen LogP contribution in [0, 0.1) is 0 Å². The summed E-state index contributed by atoms with van der Waals surface area (Å²) in [4.78, 5) is 47.1. The molecule has 0 unspecified atom stereocenters. The van der Waals surface area contributed by atoms with Gasteiger partial charge in [-0.3, -0.25) is 19.2 Å². The molecular weight excluding hydrogens is 344 g/mol. The molecule has 0 aliphatic heterocycles. The number of hydrogen-bond acceptors (Lipinski definition) is 6. The van der Waals surface area contributed by atoms with Crippen molar-refractivity contribution in [2.75, 3.05) is 11.5 Å². The third kappa shape index (κ3) is 7.27. The quantitative estimate of drug-likeness (QED) is 0.361. The van der Waals surface area contributed by atoms with E-state index in [0.717, 1.165) is 29.1 Å². The van der Waals surface area contributed by atoms with Crippen LogP contribution in [0.25, 0.3) is 0 Å². The van der Waals surface area contributed by atoms with Gasteiger partial charge < -0.3 is 0 Å². The molecule has 0 heterocycles. The minimum absolute atomic E-state index is 0.0562. The lowest BCUT2D eigenvalue weighted by Gasteiger charge is -2.11. The van der Waals surface area contributed by atoms with Crippen molar-refractivity contribution in [1.82, 2.24) is 0 Å². The molecule has 0 amide bonds. The van der Waals surface area contributed by atoms with Crippen LogP contribution in [0.15, 0.2) is 40.1 Å². The third-order valence-electron chi connectivity index (χ3n) is 2.86. The fraction of sp³-hybridized carbons (Fsp3) is 0.333. The van der Waals surface area contributed by atoms with E-state index in [-0.39, 0.29) is 46.6 Å². The van der Waals surface area contributed by atoms with Gasteiger partial charge >= 0.3 is 0 Å². The number of hydrogen-bond donors (Lipinski definition) is 0. The summed E-state index contributed by atoms with van der Waals surface area (Å²) in [5.74, 6) is -0.432. The Bertz CT molecular complexity index is 643. The minimum Gasteiger partial charge on any atom is -0.299 e. The Morgan fingerprint density at radius 3 is 1.75 bits per heavy atom. The van der Waals surface area contributed by atoms with Gasteiger partial charge in [-0.2, -0.15) is 0 Å². The zero-order valence-electron chi connectivity index (χ0n) is 14.0. The molecule has 0 spiro atoms. The fourth-order valence-electron chi connectivity index (χ4n) is 1.84. The first kappa shape index (κ1) is 20.4. The van der Waals surface area contributed by atoms with Crippen molar-refractivity contribution in [3.05, 3.63) is 45.7 Å². The number of thioether (sulfide) groups is 2. The molecular formula is C18H20O4S2. The van der Waals surface area contributed by atoms with Crippen LogP contribution in [0.1, 0.15) is 26.3 Å². The van der Waals surface area contributed by atoms with E-state index in [9.17, 15) is 19.2 Å². The van der Waals surface area contributed by atoms with Crippen molar-refractivity contribution in [3.63, 3.8) is 0 Å². The van der Waals surface area contributed by atoms with Crippen LogP contribution < -0.4 is 0 Å². The smallest absolute Gasteiger partial charge is 0.172 e. The molecule has 0 atom stereocenters. The number of benzene rings is 1. The Kier molecular flexibility index (Phi) is 8.71. The Labute approximate surface area is 150 Å². The summed E-state index contributed by atoms with van der Waals surface area (Å²) in [6.45, 7) is 4.22. The Hall–Kier alpha value is -1.66. The molecule has 0 aromatic heterocycles. The van der Waals surface area contributed by atoms with E-state index in [2.05, 4.69) is 0 Å². The van der Waals surface area contributed by atoms with E-state index in [1.807, 2.05) is 30.3 Å². The summed E-state index contributed by atoms with van der Waals surface area (Å²) in [5.41, 5.74) is 0.894. The number of allylic oxidation sites excluding steroid dienone is 1. The van der Waals surface area contributed by atoms with Gasteiger partial charge in [-0.15, -0.1) is 23.5 Å². The van der Waals surface area contributed by atoms with E-state index in [1.165, 1.54) is 20.8 Å². The van der Waals surface area contributed by atoms with E-state index in [0.29, 0.717) is 4.24 Å². The van der Waals surface area contributed by atoms with Gasteiger partial charge in [0, 0.05) is 6.42 Å². The van der Waals surface area contributed by atoms with Crippen LogP contribution in [0.2, 0.25) is 0 Å². The minimum atomic E-state index is -0.349. The molecule has 0 fully saturated rings. The second-order valence-electron chi connectivity index (χ2n) is 5.29. The molecule has 1 rings (SSSR count). The van der Waals surface area contributed by atoms with E-state index >= 15 is 0 Å². The molecule has 0 aliphatic carbocycles. The Balaban J connectivity index is 3.11. The van der Waals surface area contributed by atoms with Crippen LogP contribution in [0.4, 0.5) is 0 Å². The first-order valence-electron chi connectivity index (χ1n) is 7.38. The number of carbonyl (C=O) groups is 4. The third-order valence-corrected chi connectivity index (χ3v) is 5.60. The van der Waals surface area contributed by atoms with Crippen molar-refractivity contribution in [2.45, 2.75) is 27.2 Å². The number of ketones is 4. The van der Waals surface area contributed by atoms with Gasteiger partial charge in [-0.05, 0) is 26.3 Å². The van der Waals surface area contributed by atoms with Crippen LogP contribution in [-0.4, -0.2) is 34.6 Å². The number of rotatable bonds is 10. The molecule has 24 heavy (non-hydrogen) atoms. The van der Waals surface area contributed by atoms with Crippen molar-refractivity contribution in [2.24, 2.45) is 0 Å². The topological polar surface area (TPSA) is 68.3 Å². The molecule has 6 heteroatoms. The van der Waals surface area contributed by atoms with Crippen LogP contribution in [0.5, 0.6) is 0 Å². The summed E-state index contributed by atoms with van der Waals surface area (Å²) in [5, 5.41) is 0. The average molecular weight is 364 g/mol. The second-order valence-corrected chi connectivity index (χ2v) is 7.52. The first-order chi connectivity index (χ1) is 11.3. The molecule has 0 saturated carbocycles. The summed E-state index contributed by atoms with van der Waals surface area (Å²) in [6.07, 6.45) is 0.112. The lowest BCUT2D eigenvalue weighted by molar-refractivity contribution is -0.120. The Morgan fingerprint density at radius 2 is 1.33 bits per heavy atom. The highest BCUT2D eigenvalue weighted by Gasteiger charge is 2.22. The van der Waals surface area contributed by atoms with E-state index in [1.54, 1.807) is 0 Å². The summed E-state index contributed by atoms with van der Waals surface area (Å²) in [7, 11) is 0. The van der Waals surface area contributed by atoms with Gasteiger partial charge in [-0.1, -0.05) is 30.3 Å². The Morgan fingerprint density at radius 1 is 0.833 bits per heavy atom. The molecule has 1 aromatic rings. The molecule has 4 nitrogen and oxygen atoms in total. The molecule has 0 bridgehead atoms. The molecule has 128 valence electrons. The zero-order chi connectivity index (χ0) is 18.1. The van der Waals surface area contributed by atoms with Crippen LogP contribution in [0.3, 0.4) is 0 Å². The van der Waals surface area contributed by atoms with Gasteiger partial charge in [0.05, 0.1) is 21.3 Å².